The van der Waals surface area contributed by atoms with Gasteiger partial charge in [-0.3, -0.25) is 0 Å². The first-order valence-corrected chi connectivity index (χ1v) is 9.46. The molecule has 4 saturated heterocycles. The quantitative estimate of drug-likeness (QED) is 0.540. The van der Waals surface area contributed by atoms with Crippen LogP contribution in [0.3, 0.4) is 0 Å². The molecule has 2 bridgehead atoms. The lowest BCUT2D eigenvalue weighted by molar-refractivity contribution is -0.598. The number of carbonyl (C=O) groups excluding carboxylic acids is 1. The highest BCUT2D eigenvalue weighted by Gasteiger charge is 2.77. The van der Waals surface area contributed by atoms with Gasteiger partial charge in [0.25, 0.3) is 5.79 Å². The molecule has 27 heavy (non-hydrogen) atoms. The van der Waals surface area contributed by atoms with Crippen LogP contribution >= 0.6 is 0 Å². The van der Waals surface area contributed by atoms with Crippen molar-refractivity contribution in [3.8, 4) is 0 Å². The Morgan fingerprint density at radius 2 is 1.85 bits per heavy atom. The summed E-state index contributed by atoms with van der Waals surface area (Å²) in [6.45, 7) is 4.45. The molecule has 0 amide bonds. The van der Waals surface area contributed by atoms with Crippen LogP contribution in [0.25, 0.3) is 0 Å². The Kier molecular flexibility index (Phi) is 4.44. The second-order valence-electron chi connectivity index (χ2n) is 8.46. The van der Waals surface area contributed by atoms with Crippen molar-refractivity contribution in [2.75, 3.05) is 6.61 Å². The lowest BCUT2D eigenvalue weighted by atomic mass is 9.57. The molecule has 9 heteroatoms. The van der Waals surface area contributed by atoms with E-state index < -0.39 is 48.1 Å². The lowest BCUT2D eigenvalue weighted by Gasteiger charge is -2.62. The number of fused-ring (bicyclic) bond motifs is 2. The summed E-state index contributed by atoms with van der Waals surface area (Å²) in [5, 5.41) is 0. The molecule has 6 nitrogen and oxygen atoms in total. The molecule has 0 aromatic rings. The average Bonchev–Trinajstić information content (AvgIpc) is 2.82. The number of ether oxygens (including phenoxy) is 3. The Bertz CT molecular complexity index is 614. The van der Waals surface area contributed by atoms with Crippen molar-refractivity contribution in [1.29, 1.82) is 0 Å². The fraction of sp³-hybridized carbons (Fsp3) is 0.944. The number of carbonyl (C=O) groups is 1. The van der Waals surface area contributed by atoms with E-state index in [-0.39, 0.29) is 11.8 Å². The molecule has 0 radical (unpaired) electrons. The third-order valence-electron chi connectivity index (χ3n) is 7.02. The maximum absolute atomic E-state index is 14.2. The van der Waals surface area contributed by atoms with Crippen molar-refractivity contribution in [3.63, 3.8) is 0 Å². The molecule has 0 unspecified atom stereocenters. The summed E-state index contributed by atoms with van der Waals surface area (Å²) in [6.07, 6.45) is -3.35. The molecule has 0 aromatic heterocycles. The van der Waals surface area contributed by atoms with Crippen LogP contribution in [0.15, 0.2) is 0 Å². The van der Waals surface area contributed by atoms with Crippen molar-refractivity contribution < 1.29 is 42.0 Å². The molecule has 5 rings (SSSR count). The predicted octanol–water partition coefficient (Wildman–Crippen LogP) is 3.34. The van der Waals surface area contributed by atoms with E-state index >= 15 is 0 Å². The summed E-state index contributed by atoms with van der Waals surface area (Å²) < 4.78 is 59.1. The van der Waals surface area contributed by atoms with Crippen LogP contribution in [0.4, 0.5) is 13.2 Å². The third kappa shape index (κ3) is 2.55. The Balaban J connectivity index is 1.83. The molecule has 4 aliphatic heterocycles. The van der Waals surface area contributed by atoms with Crippen LogP contribution in [0.5, 0.6) is 0 Å². The largest absolute Gasteiger partial charge is 0.443 e. The topological polar surface area (TPSA) is 63.2 Å². The molecule has 1 aliphatic carbocycles. The van der Waals surface area contributed by atoms with Gasteiger partial charge in [0, 0.05) is 18.3 Å². The average molecular weight is 394 g/mol. The Morgan fingerprint density at radius 3 is 2.52 bits per heavy atom. The van der Waals surface area contributed by atoms with Crippen LogP contribution in [-0.4, -0.2) is 42.5 Å². The smallest absolute Gasteiger partial charge is 0.335 e. The first-order chi connectivity index (χ1) is 12.6. The van der Waals surface area contributed by atoms with E-state index in [1.807, 2.05) is 0 Å². The van der Waals surface area contributed by atoms with Gasteiger partial charge in [-0.2, -0.15) is 13.2 Å². The zero-order valence-electron chi connectivity index (χ0n) is 15.6. The van der Waals surface area contributed by atoms with E-state index in [0.717, 1.165) is 12.8 Å². The molecule has 154 valence electrons. The van der Waals surface area contributed by atoms with Gasteiger partial charge in [-0.15, -0.1) is 0 Å². The Hall–Kier alpha value is -0.740. The van der Waals surface area contributed by atoms with Crippen molar-refractivity contribution in [1.82, 2.24) is 0 Å². The lowest BCUT2D eigenvalue weighted by Crippen LogP contribution is -2.76. The highest BCUT2D eigenvalue weighted by molar-refractivity contribution is 5.50. The predicted molar refractivity (Wildman–Crippen MR) is 83.8 cm³/mol. The van der Waals surface area contributed by atoms with Gasteiger partial charge in [0.05, 0.1) is 0 Å². The molecule has 1 saturated carbocycles. The summed E-state index contributed by atoms with van der Waals surface area (Å²) in [4.78, 5) is 22.2. The normalized spacial score (nSPS) is 52.1. The highest BCUT2D eigenvalue weighted by Crippen LogP contribution is 2.64. The van der Waals surface area contributed by atoms with Gasteiger partial charge in [-0.1, -0.05) is 13.8 Å². The minimum absolute atomic E-state index is 0.0506. The van der Waals surface area contributed by atoms with Crippen LogP contribution in [0.1, 0.15) is 46.5 Å². The molecule has 5 fully saturated rings. The second kappa shape index (κ2) is 6.13. The van der Waals surface area contributed by atoms with Gasteiger partial charge in [0.15, 0.2) is 11.9 Å². The number of halogens is 3. The van der Waals surface area contributed by atoms with Gasteiger partial charge in [-0.25, -0.2) is 9.78 Å². The third-order valence-corrected chi connectivity index (χ3v) is 7.02. The SMILES string of the molecule is C[C@@H]1CC[C@H]2[C@@H](C)[C@](OCC=O)(C(F)(F)F)O[C@@H]3O[C@]4(C)CC[C@@H]1[C@]32OO4. The first kappa shape index (κ1) is 19.6. The Labute approximate surface area is 155 Å². The van der Waals surface area contributed by atoms with E-state index in [2.05, 4.69) is 6.92 Å². The van der Waals surface area contributed by atoms with E-state index in [1.165, 1.54) is 6.92 Å². The van der Waals surface area contributed by atoms with Crippen LogP contribution < -0.4 is 0 Å². The number of hydrogen-bond acceptors (Lipinski definition) is 6. The summed E-state index contributed by atoms with van der Waals surface area (Å²) in [5.41, 5.74) is -1.12. The molecule has 1 spiro atoms. The van der Waals surface area contributed by atoms with E-state index in [0.29, 0.717) is 19.1 Å². The maximum Gasteiger partial charge on any atom is 0.443 e. The van der Waals surface area contributed by atoms with Gasteiger partial charge >= 0.3 is 6.18 Å². The maximum atomic E-state index is 14.2. The summed E-state index contributed by atoms with van der Waals surface area (Å²) in [6, 6.07) is 0. The fourth-order valence-electron chi connectivity index (χ4n) is 5.65. The van der Waals surface area contributed by atoms with Crippen LogP contribution in [-0.2, 0) is 28.8 Å². The molecule has 8 atom stereocenters. The van der Waals surface area contributed by atoms with Crippen molar-refractivity contribution in [2.45, 2.75) is 76.1 Å². The molecule has 5 aliphatic rings. The van der Waals surface area contributed by atoms with E-state index in [9.17, 15) is 18.0 Å². The Morgan fingerprint density at radius 1 is 1.11 bits per heavy atom. The van der Waals surface area contributed by atoms with Crippen LogP contribution in [0.2, 0.25) is 0 Å². The minimum Gasteiger partial charge on any atom is -0.335 e. The molecular formula is C18H25F3O6. The van der Waals surface area contributed by atoms with E-state index in [4.69, 9.17) is 24.0 Å². The van der Waals surface area contributed by atoms with Gasteiger partial charge in [-0.05, 0) is 38.0 Å². The van der Waals surface area contributed by atoms with Gasteiger partial charge in [0.2, 0.25) is 5.79 Å². The summed E-state index contributed by atoms with van der Waals surface area (Å²) >= 11 is 0. The molecule has 0 aromatic carbocycles. The van der Waals surface area contributed by atoms with E-state index in [1.54, 1.807) is 6.92 Å². The number of alkyl halides is 3. The molecule has 4 heterocycles. The van der Waals surface area contributed by atoms with Crippen molar-refractivity contribution >= 4 is 6.29 Å². The molecular weight excluding hydrogens is 369 g/mol. The monoisotopic (exact) mass is 394 g/mol. The van der Waals surface area contributed by atoms with Crippen molar-refractivity contribution in [2.24, 2.45) is 23.7 Å². The van der Waals surface area contributed by atoms with Gasteiger partial charge < -0.3 is 19.0 Å². The highest BCUT2D eigenvalue weighted by atomic mass is 19.4. The molecule has 0 N–H and O–H groups in total. The summed E-state index contributed by atoms with van der Waals surface area (Å²) in [7, 11) is 0. The number of aldehydes is 1. The summed E-state index contributed by atoms with van der Waals surface area (Å²) in [5.74, 6) is -5.57. The second-order valence-corrected chi connectivity index (χ2v) is 8.46. The zero-order valence-corrected chi connectivity index (χ0v) is 15.6. The minimum atomic E-state index is -4.84. The standard InChI is InChI=1S/C18H25F3O6/c1-10-4-5-13-11(2)17(18(19,20)21,23-9-8-22)25-14-16(13)12(10)6-7-15(3,24-14)26-27-16/h8,10-14H,4-7,9H2,1-3H3/t10-,11-,12+,13+,14+,15+,16-,17-/m1/s1. The zero-order chi connectivity index (χ0) is 19.7. The van der Waals surface area contributed by atoms with Crippen molar-refractivity contribution in [3.05, 3.63) is 0 Å². The number of hydrogen-bond donors (Lipinski definition) is 0. The number of rotatable bonds is 3. The van der Waals surface area contributed by atoms with Gasteiger partial charge in [0.1, 0.15) is 12.9 Å². The van der Waals surface area contributed by atoms with Crippen LogP contribution in [0, 0.1) is 23.7 Å². The fourth-order valence-corrected chi connectivity index (χ4v) is 5.65. The first-order valence-electron chi connectivity index (χ1n) is 9.46.